The molecule has 0 N–H and O–H groups in total. The van der Waals surface area contributed by atoms with Crippen LogP contribution in [0.5, 0.6) is 0 Å². The van der Waals surface area contributed by atoms with E-state index in [0.29, 0.717) is 5.33 Å². The smallest absolute Gasteiger partial charge is 0.224 e. The predicted molar refractivity (Wildman–Crippen MR) is 66.5 cm³/mol. The molecule has 1 unspecified atom stereocenters. The maximum atomic E-state index is 12.7. The van der Waals surface area contributed by atoms with Gasteiger partial charge in [0.1, 0.15) is 0 Å². The summed E-state index contributed by atoms with van der Waals surface area (Å²) in [6, 6.07) is 4.25. The van der Waals surface area contributed by atoms with Crippen LogP contribution in [0.1, 0.15) is 12.5 Å². The van der Waals surface area contributed by atoms with Gasteiger partial charge in [-0.05, 0) is 18.1 Å². The minimum absolute atomic E-state index is 0.253. The standard InChI is InChI=1S/C11H12BrF3O2S/c1-8(6-12)7-18(16,17)10-5-3-2-4-9(10)11(13,14)15/h2-5,8H,6-7H2,1H3. The molecule has 0 aromatic heterocycles. The summed E-state index contributed by atoms with van der Waals surface area (Å²) in [5.41, 5.74) is -1.10. The Bertz CT molecular complexity index is 511. The fourth-order valence-corrected chi connectivity index (χ4v) is 3.86. The molecule has 0 heterocycles. The summed E-state index contributed by atoms with van der Waals surface area (Å²) in [4.78, 5) is -0.648. The fourth-order valence-electron chi connectivity index (χ4n) is 1.48. The molecule has 1 aromatic carbocycles. The molecule has 1 atom stereocenters. The van der Waals surface area contributed by atoms with Gasteiger partial charge in [0.05, 0.1) is 16.2 Å². The molecular weight excluding hydrogens is 333 g/mol. The van der Waals surface area contributed by atoms with Crippen molar-refractivity contribution >= 4 is 25.8 Å². The second-order valence-corrected chi connectivity index (χ2v) is 6.68. The Hall–Kier alpha value is -0.560. The minimum Gasteiger partial charge on any atom is -0.224 e. The van der Waals surface area contributed by atoms with Gasteiger partial charge in [-0.2, -0.15) is 13.2 Å². The van der Waals surface area contributed by atoms with Gasteiger partial charge in [-0.15, -0.1) is 0 Å². The van der Waals surface area contributed by atoms with Crippen LogP contribution in [0.4, 0.5) is 13.2 Å². The molecule has 0 spiro atoms. The van der Waals surface area contributed by atoms with Gasteiger partial charge in [-0.25, -0.2) is 8.42 Å². The molecule has 7 heteroatoms. The Morgan fingerprint density at radius 2 is 1.83 bits per heavy atom. The monoisotopic (exact) mass is 344 g/mol. The van der Waals surface area contributed by atoms with Gasteiger partial charge in [0.2, 0.25) is 0 Å². The summed E-state index contributed by atoms with van der Waals surface area (Å²) in [6.07, 6.45) is -4.67. The lowest BCUT2D eigenvalue weighted by atomic mass is 10.2. The number of hydrogen-bond acceptors (Lipinski definition) is 2. The van der Waals surface area contributed by atoms with Crippen molar-refractivity contribution < 1.29 is 21.6 Å². The molecule has 1 rings (SSSR count). The lowest BCUT2D eigenvalue weighted by Crippen LogP contribution is -2.19. The van der Waals surface area contributed by atoms with E-state index in [2.05, 4.69) is 15.9 Å². The van der Waals surface area contributed by atoms with Gasteiger partial charge in [0.25, 0.3) is 0 Å². The summed E-state index contributed by atoms with van der Waals surface area (Å²) in [7, 11) is -3.94. The first-order valence-corrected chi connectivity index (χ1v) is 7.91. The molecule has 0 radical (unpaired) electrons. The summed E-state index contributed by atoms with van der Waals surface area (Å²) < 4.78 is 62.1. The molecule has 0 saturated heterocycles. The summed E-state index contributed by atoms with van der Waals surface area (Å²) in [6.45, 7) is 1.66. The minimum atomic E-state index is -4.67. The summed E-state index contributed by atoms with van der Waals surface area (Å²) in [5, 5.41) is 0.417. The van der Waals surface area contributed by atoms with Crippen molar-refractivity contribution in [3.05, 3.63) is 29.8 Å². The largest absolute Gasteiger partial charge is 0.417 e. The third-order valence-corrected chi connectivity index (χ3v) is 5.43. The number of halogens is 4. The van der Waals surface area contributed by atoms with E-state index in [4.69, 9.17) is 0 Å². The summed E-state index contributed by atoms with van der Waals surface area (Å²) >= 11 is 3.11. The molecule has 0 aliphatic heterocycles. The van der Waals surface area contributed by atoms with Crippen LogP contribution in [-0.4, -0.2) is 19.5 Å². The van der Waals surface area contributed by atoms with Gasteiger partial charge >= 0.3 is 6.18 Å². The number of sulfone groups is 1. The number of benzene rings is 1. The Morgan fingerprint density at radius 3 is 2.33 bits per heavy atom. The molecule has 0 amide bonds. The summed E-state index contributed by atoms with van der Waals surface area (Å²) in [5.74, 6) is -0.568. The van der Waals surface area contributed by atoms with E-state index in [9.17, 15) is 21.6 Å². The zero-order valence-corrected chi connectivity index (χ0v) is 11.9. The first-order valence-electron chi connectivity index (χ1n) is 5.13. The highest BCUT2D eigenvalue weighted by Crippen LogP contribution is 2.34. The van der Waals surface area contributed by atoms with Crippen molar-refractivity contribution in [2.45, 2.75) is 18.0 Å². The average molecular weight is 345 g/mol. The highest BCUT2D eigenvalue weighted by atomic mass is 79.9. The van der Waals surface area contributed by atoms with Gasteiger partial charge in [0, 0.05) is 5.33 Å². The van der Waals surface area contributed by atoms with Crippen LogP contribution in [-0.2, 0) is 16.0 Å². The second kappa shape index (κ2) is 5.61. The quantitative estimate of drug-likeness (QED) is 0.783. The van der Waals surface area contributed by atoms with E-state index < -0.39 is 26.5 Å². The Labute approximate surface area is 112 Å². The first-order chi connectivity index (χ1) is 8.18. The van der Waals surface area contributed by atoms with E-state index in [1.54, 1.807) is 6.92 Å². The number of rotatable bonds is 4. The van der Waals surface area contributed by atoms with Crippen molar-refractivity contribution in [2.24, 2.45) is 5.92 Å². The zero-order valence-electron chi connectivity index (χ0n) is 9.54. The molecule has 0 aliphatic rings. The predicted octanol–water partition coefficient (Wildman–Crippen LogP) is 3.51. The molecule has 0 aliphatic carbocycles. The van der Waals surface area contributed by atoms with Crippen molar-refractivity contribution in [3.63, 3.8) is 0 Å². The maximum Gasteiger partial charge on any atom is 0.417 e. The van der Waals surface area contributed by atoms with E-state index in [-0.39, 0.29) is 11.7 Å². The van der Waals surface area contributed by atoms with Crippen LogP contribution >= 0.6 is 15.9 Å². The van der Waals surface area contributed by atoms with Crippen molar-refractivity contribution in [2.75, 3.05) is 11.1 Å². The first kappa shape index (κ1) is 15.5. The highest BCUT2D eigenvalue weighted by Gasteiger charge is 2.36. The molecule has 2 nitrogen and oxygen atoms in total. The Morgan fingerprint density at radius 1 is 1.28 bits per heavy atom. The van der Waals surface area contributed by atoms with Gasteiger partial charge < -0.3 is 0 Å². The molecule has 0 saturated carbocycles. The topological polar surface area (TPSA) is 34.1 Å². The van der Waals surface area contributed by atoms with Crippen LogP contribution in [0.15, 0.2) is 29.2 Å². The highest BCUT2D eigenvalue weighted by molar-refractivity contribution is 9.09. The fraction of sp³-hybridized carbons (Fsp3) is 0.455. The second-order valence-electron chi connectivity index (χ2n) is 4.03. The Kier molecular flexibility index (Phi) is 4.83. The lowest BCUT2D eigenvalue weighted by Gasteiger charge is -2.14. The SMILES string of the molecule is CC(CBr)CS(=O)(=O)c1ccccc1C(F)(F)F. The van der Waals surface area contributed by atoms with Crippen molar-refractivity contribution in [3.8, 4) is 0 Å². The van der Waals surface area contributed by atoms with E-state index >= 15 is 0 Å². The van der Waals surface area contributed by atoms with Crippen molar-refractivity contribution in [1.29, 1.82) is 0 Å². The Balaban J connectivity index is 3.25. The van der Waals surface area contributed by atoms with Gasteiger partial charge in [0.15, 0.2) is 9.84 Å². The third kappa shape index (κ3) is 3.71. The molecule has 102 valence electrons. The molecule has 18 heavy (non-hydrogen) atoms. The van der Waals surface area contributed by atoms with E-state index in [0.717, 1.165) is 12.1 Å². The normalized spacial score (nSPS) is 14.5. The van der Waals surface area contributed by atoms with Crippen LogP contribution in [0, 0.1) is 5.92 Å². The van der Waals surface area contributed by atoms with Crippen LogP contribution < -0.4 is 0 Å². The maximum absolute atomic E-state index is 12.7. The van der Waals surface area contributed by atoms with Crippen LogP contribution in [0.3, 0.4) is 0 Å². The molecule has 1 aromatic rings. The molecular formula is C11H12BrF3O2S. The molecule has 0 fully saturated rings. The third-order valence-electron chi connectivity index (χ3n) is 2.29. The van der Waals surface area contributed by atoms with E-state index in [1.165, 1.54) is 12.1 Å². The van der Waals surface area contributed by atoms with Crippen LogP contribution in [0.2, 0.25) is 0 Å². The van der Waals surface area contributed by atoms with Crippen molar-refractivity contribution in [1.82, 2.24) is 0 Å². The van der Waals surface area contributed by atoms with Gasteiger partial charge in [-0.3, -0.25) is 0 Å². The van der Waals surface area contributed by atoms with Gasteiger partial charge in [-0.1, -0.05) is 35.0 Å². The number of hydrogen-bond donors (Lipinski definition) is 0. The van der Waals surface area contributed by atoms with Crippen LogP contribution in [0.25, 0.3) is 0 Å². The average Bonchev–Trinajstić information content (AvgIpc) is 2.27. The number of alkyl halides is 4. The zero-order chi connectivity index (χ0) is 14.0. The van der Waals surface area contributed by atoms with E-state index in [1.807, 2.05) is 0 Å². The lowest BCUT2D eigenvalue weighted by molar-refractivity contribution is -0.139. The molecule has 0 bridgehead atoms.